The number of carboxylic acid groups (broad SMARTS) is 1. The molecule has 2 bridgehead atoms. The Morgan fingerprint density at radius 2 is 1.88 bits per heavy atom. The molecule has 280 valence electrons. The first-order valence-corrected chi connectivity index (χ1v) is 18.4. The molecular weight excluding hydrogens is 652 g/mol. The van der Waals surface area contributed by atoms with Gasteiger partial charge in [0.1, 0.15) is 24.5 Å². The third-order valence-electron chi connectivity index (χ3n) is 12.2. The molecule has 5 aliphatic rings. The Labute approximate surface area is 301 Å². The van der Waals surface area contributed by atoms with Gasteiger partial charge in [-0.3, -0.25) is 14.5 Å². The summed E-state index contributed by atoms with van der Waals surface area (Å²) in [6, 6.07) is 10.1. The fourth-order valence-electron chi connectivity index (χ4n) is 9.01. The van der Waals surface area contributed by atoms with Crippen LogP contribution in [-0.2, 0) is 20.9 Å². The Hall–Kier alpha value is -3.26. The van der Waals surface area contributed by atoms with Gasteiger partial charge in [-0.2, -0.15) is 5.06 Å². The number of aromatic carboxylic acids is 1. The van der Waals surface area contributed by atoms with E-state index in [2.05, 4.69) is 31.0 Å². The van der Waals surface area contributed by atoms with Gasteiger partial charge in [0, 0.05) is 62.5 Å². The van der Waals surface area contributed by atoms with Crippen molar-refractivity contribution in [1.82, 2.24) is 15.3 Å². The predicted molar refractivity (Wildman–Crippen MR) is 193 cm³/mol. The number of carbonyl (C=O) groups is 2. The molecule has 2 heterocycles. The maximum atomic E-state index is 14.3. The highest BCUT2D eigenvalue weighted by Gasteiger charge is 2.57. The fraction of sp³-hybridized carbons (Fsp3) is 0.641. The van der Waals surface area contributed by atoms with Crippen molar-refractivity contribution in [3.8, 4) is 16.9 Å². The summed E-state index contributed by atoms with van der Waals surface area (Å²) in [5.41, 5.74) is 3.29. The predicted octanol–water partition coefficient (Wildman–Crippen LogP) is 3.49. The van der Waals surface area contributed by atoms with Crippen LogP contribution in [0.5, 0.6) is 5.75 Å². The number of aliphatic hydroxyl groups excluding tert-OH is 2. The Bertz CT molecular complexity index is 1560. The van der Waals surface area contributed by atoms with Crippen molar-refractivity contribution >= 4 is 17.6 Å². The number of fused-ring (bicyclic) bond motifs is 2. The minimum atomic E-state index is -1.03. The van der Waals surface area contributed by atoms with Crippen LogP contribution in [0.3, 0.4) is 0 Å². The molecule has 7 rings (SSSR count). The molecular formula is C39H56N4O8. The van der Waals surface area contributed by atoms with E-state index in [1.54, 1.807) is 24.1 Å². The Balaban J connectivity index is 1.33. The molecule has 12 nitrogen and oxygen atoms in total. The van der Waals surface area contributed by atoms with Crippen LogP contribution in [0, 0.1) is 29.1 Å². The summed E-state index contributed by atoms with van der Waals surface area (Å²) in [6.45, 7) is 12.3. The van der Waals surface area contributed by atoms with Gasteiger partial charge in [0.15, 0.2) is 0 Å². The van der Waals surface area contributed by atoms with Gasteiger partial charge in [0.05, 0.1) is 38.0 Å². The first kappa shape index (κ1) is 37.5. The standard InChI is InChI=1S/C39H56N4O8/c1-23-31-19-28(39(31,3)4)20-32(23)40-37(46)35-34(24(2)45)33(22-44)51-43(35)21-25-8-7-9-30(36(25)50-15-12-42-10-13-49-14-11-42)26-16-27(38(47)48)18-29(17-26)41(5)6/h7-9,16-18,23-24,28,31-35,44-45H,10-15,19-22H2,1-6H3,(H,40,46)(H,47,48)/t23?,24?,28-,31+,32+,33?,34-,35+/m1/s1. The Kier molecular flexibility index (Phi) is 11.3. The van der Waals surface area contributed by atoms with Gasteiger partial charge in [-0.25, -0.2) is 4.79 Å². The van der Waals surface area contributed by atoms with Crippen molar-refractivity contribution in [1.29, 1.82) is 0 Å². The number of nitrogens with one attached hydrogen (secondary N) is 1. The van der Waals surface area contributed by atoms with Gasteiger partial charge in [-0.1, -0.05) is 39.0 Å². The van der Waals surface area contributed by atoms with Crippen molar-refractivity contribution < 1.29 is 39.2 Å². The third-order valence-corrected chi connectivity index (χ3v) is 12.2. The molecule has 3 aliphatic carbocycles. The molecule has 0 spiro atoms. The molecule has 0 aromatic heterocycles. The topological polar surface area (TPSA) is 144 Å². The van der Waals surface area contributed by atoms with Gasteiger partial charge in [0.25, 0.3) is 0 Å². The number of morpholine rings is 1. The summed E-state index contributed by atoms with van der Waals surface area (Å²) in [6.07, 6.45) is 0.414. The molecule has 2 aromatic rings. The van der Waals surface area contributed by atoms with E-state index in [-0.39, 0.29) is 36.1 Å². The van der Waals surface area contributed by atoms with Crippen molar-refractivity contribution in [3.63, 3.8) is 0 Å². The van der Waals surface area contributed by atoms with Crippen molar-refractivity contribution in [2.45, 2.75) is 71.4 Å². The minimum absolute atomic E-state index is 0.0220. The Morgan fingerprint density at radius 3 is 2.51 bits per heavy atom. The highest BCUT2D eigenvalue weighted by Crippen LogP contribution is 2.61. The zero-order chi connectivity index (χ0) is 36.6. The second-order valence-corrected chi connectivity index (χ2v) is 15.8. The van der Waals surface area contributed by atoms with Crippen molar-refractivity contribution in [2.24, 2.45) is 29.1 Å². The highest BCUT2D eigenvalue weighted by atomic mass is 16.7. The quantitative estimate of drug-likeness (QED) is 0.243. The summed E-state index contributed by atoms with van der Waals surface area (Å²) in [5.74, 6) is 0.0722. The molecule has 0 radical (unpaired) electrons. The molecule has 5 fully saturated rings. The molecule has 4 N–H and O–H groups in total. The number of hydrogen-bond donors (Lipinski definition) is 4. The normalized spacial score (nSPS) is 29.6. The van der Waals surface area contributed by atoms with E-state index in [9.17, 15) is 24.9 Å². The number of aliphatic hydroxyl groups is 2. The van der Waals surface area contributed by atoms with Crippen LogP contribution < -0.4 is 15.0 Å². The lowest BCUT2D eigenvalue weighted by Gasteiger charge is -2.62. The molecule has 2 aliphatic heterocycles. The number of benzene rings is 2. The van der Waals surface area contributed by atoms with Gasteiger partial charge >= 0.3 is 5.97 Å². The van der Waals surface area contributed by atoms with Crippen LogP contribution in [0.15, 0.2) is 36.4 Å². The van der Waals surface area contributed by atoms with E-state index in [0.29, 0.717) is 61.0 Å². The summed E-state index contributed by atoms with van der Waals surface area (Å²) < 4.78 is 12.1. The number of carboxylic acids is 1. The zero-order valence-electron chi connectivity index (χ0n) is 30.9. The monoisotopic (exact) mass is 708 g/mol. The van der Waals surface area contributed by atoms with E-state index in [1.165, 1.54) is 6.42 Å². The van der Waals surface area contributed by atoms with Crippen LogP contribution >= 0.6 is 0 Å². The third kappa shape index (κ3) is 7.63. The van der Waals surface area contributed by atoms with Crippen LogP contribution in [0.1, 0.15) is 56.5 Å². The molecule has 2 saturated heterocycles. The van der Waals surface area contributed by atoms with Gasteiger partial charge in [-0.05, 0) is 66.7 Å². The average molecular weight is 709 g/mol. The van der Waals surface area contributed by atoms with Crippen LogP contribution in [0.2, 0.25) is 0 Å². The minimum Gasteiger partial charge on any atom is -0.491 e. The van der Waals surface area contributed by atoms with Crippen LogP contribution in [-0.4, -0.2) is 122 Å². The van der Waals surface area contributed by atoms with E-state index in [0.717, 1.165) is 30.8 Å². The lowest BCUT2D eigenvalue weighted by molar-refractivity contribution is -0.183. The number of hydrogen-bond acceptors (Lipinski definition) is 10. The second kappa shape index (κ2) is 15.4. The molecule has 12 heteroatoms. The largest absolute Gasteiger partial charge is 0.491 e. The Morgan fingerprint density at radius 1 is 1.14 bits per heavy atom. The number of anilines is 1. The number of hydroxylamine groups is 2. The first-order chi connectivity index (χ1) is 24.3. The number of nitrogens with zero attached hydrogens (tertiary/aromatic N) is 3. The van der Waals surface area contributed by atoms with Crippen molar-refractivity contribution in [2.75, 3.05) is 65.1 Å². The van der Waals surface area contributed by atoms with E-state index >= 15 is 0 Å². The van der Waals surface area contributed by atoms with Crippen LogP contribution in [0.25, 0.3) is 11.1 Å². The number of ether oxygens (including phenoxy) is 2. The van der Waals surface area contributed by atoms with E-state index < -0.39 is 30.1 Å². The van der Waals surface area contributed by atoms with Gasteiger partial charge in [-0.15, -0.1) is 0 Å². The summed E-state index contributed by atoms with van der Waals surface area (Å²) >= 11 is 0. The number of rotatable bonds is 13. The number of carbonyl (C=O) groups excluding carboxylic acids is 1. The zero-order valence-corrected chi connectivity index (χ0v) is 30.9. The van der Waals surface area contributed by atoms with Gasteiger partial charge in [0.2, 0.25) is 5.91 Å². The lowest BCUT2D eigenvalue weighted by atomic mass is 9.45. The first-order valence-electron chi connectivity index (χ1n) is 18.4. The summed E-state index contributed by atoms with van der Waals surface area (Å²) in [7, 11) is 3.73. The SMILES string of the molecule is CC(O)[C@@H]1C(CO)ON(Cc2cccc(-c3cc(C(=O)O)cc(N(C)C)c3)c2OCCN2CCOCC2)[C@@H]1C(=O)N[C@H]1C[C@H]2C[C@@H](C1C)C2(C)C. The number of para-hydroxylation sites is 1. The molecule has 51 heavy (non-hydrogen) atoms. The second-order valence-electron chi connectivity index (χ2n) is 15.8. The summed E-state index contributed by atoms with van der Waals surface area (Å²) in [5, 5.41) is 36.3. The lowest BCUT2D eigenvalue weighted by Crippen LogP contribution is -2.62. The van der Waals surface area contributed by atoms with Gasteiger partial charge < -0.3 is 35.0 Å². The highest BCUT2D eigenvalue weighted by molar-refractivity contribution is 5.92. The fourth-order valence-corrected chi connectivity index (χ4v) is 9.01. The molecule has 3 saturated carbocycles. The molecule has 3 unspecified atom stereocenters. The maximum absolute atomic E-state index is 14.3. The van der Waals surface area contributed by atoms with Crippen LogP contribution in [0.4, 0.5) is 5.69 Å². The summed E-state index contributed by atoms with van der Waals surface area (Å²) in [4.78, 5) is 36.9. The number of amides is 1. The van der Waals surface area contributed by atoms with Crippen molar-refractivity contribution in [3.05, 3.63) is 47.5 Å². The molecule has 1 amide bonds. The van der Waals surface area contributed by atoms with E-state index in [4.69, 9.17) is 14.3 Å². The molecule has 2 aromatic carbocycles. The van der Waals surface area contributed by atoms with E-state index in [1.807, 2.05) is 43.3 Å². The maximum Gasteiger partial charge on any atom is 0.335 e. The average Bonchev–Trinajstić information content (AvgIpc) is 3.48. The smallest absolute Gasteiger partial charge is 0.335 e. The molecule has 8 atom stereocenters.